The SMILES string of the molecule is CCOc1ccc2cc(Cc3cc(OC)c(OC)c(OC)c3)cnc2c1N. The number of nitrogens with two attached hydrogens (primary N) is 1. The molecule has 0 atom stereocenters. The van der Waals surface area contributed by atoms with Crippen molar-refractivity contribution in [3.8, 4) is 23.0 Å². The summed E-state index contributed by atoms with van der Waals surface area (Å²) in [6.07, 6.45) is 2.50. The van der Waals surface area contributed by atoms with Crippen LogP contribution in [0, 0.1) is 0 Å². The summed E-state index contributed by atoms with van der Waals surface area (Å²) < 4.78 is 21.8. The lowest BCUT2D eigenvalue weighted by molar-refractivity contribution is 0.324. The third-order valence-electron chi connectivity index (χ3n) is 4.34. The number of hydrogen-bond acceptors (Lipinski definition) is 6. The molecule has 0 fully saturated rings. The molecule has 27 heavy (non-hydrogen) atoms. The van der Waals surface area contributed by atoms with E-state index in [9.17, 15) is 0 Å². The third-order valence-corrected chi connectivity index (χ3v) is 4.34. The van der Waals surface area contributed by atoms with E-state index >= 15 is 0 Å². The molecule has 0 amide bonds. The van der Waals surface area contributed by atoms with Crippen molar-refractivity contribution in [2.24, 2.45) is 0 Å². The van der Waals surface area contributed by atoms with Gasteiger partial charge in [-0.3, -0.25) is 4.98 Å². The highest BCUT2D eigenvalue weighted by atomic mass is 16.5. The minimum absolute atomic E-state index is 0.564. The summed E-state index contributed by atoms with van der Waals surface area (Å²) >= 11 is 0. The molecular formula is C21H24N2O4. The van der Waals surface area contributed by atoms with Crippen LogP contribution in [0.25, 0.3) is 10.9 Å². The molecule has 0 radical (unpaired) electrons. The highest BCUT2D eigenvalue weighted by molar-refractivity contribution is 5.92. The molecule has 2 aromatic carbocycles. The number of aromatic nitrogens is 1. The van der Waals surface area contributed by atoms with Crippen LogP contribution < -0.4 is 24.7 Å². The summed E-state index contributed by atoms with van der Waals surface area (Å²) in [5.41, 5.74) is 9.58. The van der Waals surface area contributed by atoms with Crippen molar-refractivity contribution in [2.45, 2.75) is 13.3 Å². The van der Waals surface area contributed by atoms with Gasteiger partial charge in [0.25, 0.3) is 0 Å². The fourth-order valence-electron chi connectivity index (χ4n) is 3.10. The molecule has 2 N–H and O–H groups in total. The number of ether oxygens (including phenoxy) is 4. The Bertz CT molecular complexity index is 931. The minimum atomic E-state index is 0.564. The second kappa shape index (κ2) is 8.03. The summed E-state index contributed by atoms with van der Waals surface area (Å²) in [5, 5.41) is 0.973. The monoisotopic (exact) mass is 368 g/mol. The molecule has 6 nitrogen and oxygen atoms in total. The van der Waals surface area contributed by atoms with E-state index in [1.165, 1.54) is 0 Å². The van der Waals surface area contributed by atoms with Crippen molar-refractivity contribution in [1.29, 1.82) is 0 Å². The number of methoxy groups -OCH3 is 3. The van der Waals surface area contributed by atoms with Gasteiger partial charge in [-0.25, -0.2) is 0 Å². The zero-order chi connectivity index (χ0) is 19.4. The lowest BCUT2D eigenvalue weighted by Gasteiger charge is -2.14. The van der Waals surface area contributed by atoms with Crippen molar-refractivity contribution < 1.29 is 18.9 Å². The molecular weight excluding hydrogens is 344 g/mol. The highest BCUT2D eigenvalue weighted by Crippen LogP contribution is 2.39. The predicted molar refractivity (Wildman–Crippen MR) is 106 cm³/mol. The van der Waals surface area contributed by atoms with Crippen molar-refractivity contribution in [3.05, 3.63) is 47.7 Å². The summed E-state index contributed by atoms with van der Waals surface area (Å²) in [7, 11) is 4.81. The normalized spacial score (nSPS) is 10.7. The van der Waals surface area contributed by atoms with E-state index in [2.05, 4.69) is 11.1 Å². The fourth-order valence-corrected chi connectivity index (χ4v) is 3.10. The van der Waals surface area contributed by atoms with E-state index in [1.54, 1.807) is 21.3 Å². The van der Waals surface area contributed by atoms with Crippen molar-refractivity contribution >= 4 is 16.6 Å². The number of pyridine rings is 1. The van der Waals surface area contributed by atoms with Crippen LogP contribution in [0.15, 0.2) is 36.5 Å². The quantitative estimate of drug-likeness (QED) is 0.639. The van der Waals surface area contributed by atoms with Crippen LogP contribution in [0.4, 0.5) is 5.69 Å². The van der Waals surface area contributed by atoms with Gasteiger partial charge in [-0.15, -0.1) is 0 Å². The maximum atomic E-state index is 6.18. The van der Waals surface area contributed by atoms with Gasteiger partial charge >= 0.3 is 0 Å². The molecule has 0 aliphatic carbocycles. The van der Waals surface area contributed by atoms with Gasteiger partial charge in [0.15, 0.2) is 11.5 Å². The van der Waals surface area contributed by atoms with Crippen molar-refractivity contribution in [1.82, 2.24) is 4.98 Å². The summed E-state index contributed by atoms with van der Waals surface area (Å²) in [6.45, 7) is 2.49. The lowest BCUT2D eigenvalue weighted by Crippen LogP contribution is -2.00. The molecule has 0 unspecified atom stereocenters. The van der Waals surface area contributed by atoms with Gasteiger partial charge in [-0.2, -0.15) is 0 Å². The first kappa shape index (κ1) is 18.6. The fraction of sp³-hybridized carbons (Fsp3) is 0.286. The summed E-state index contributed by atoms with van der Waals surface area (Å²) in [5.74, 6) is 2.50. The maximum Gasteiger partial charge on any atom is 0.203 e. The zero-order valence-corrected chi connectivity index (χ0v) is 16.0. The number of nitrogens with zero attached hydrogens (tertiary/aromatic N) is 1. The molecule has 3 rings (SSSR count). The van der Waals surface area contributed by atoms with E-state index in [-0.39, 0.29) is 0 Å². The van der Waals surface area contributed by atoms with Gasteiger partial charge in [-0.1, -0.05) is 0 Å². The van der Waals surface area contributed by atoms with E-state index in [1.807, 2.05) is 37.4 Å². The molecule has 142 valence electrons. The Morgan fingerprint density at radius 3 is 2.19 bits per heavy atom. The minimum Gasteiger partial charge on any atom is -0.493 e. The Kier molecular flexibility index (Phi) is 5.54. The Morgan fingerprint density at radius 2 is 1.59 bits per heavy atom. The van der Waals surface area contributed by atoms with Crippen LogP contribution in [0.5, 0.6) is 23.0 Å². The van der Waals surface area contributed by atoms with E-state index in [4.69, 9.17) is 24.7 Å². The average molecular weight is 368 g/mol. The first-order valence-electron chi connectivity index (χ1n) is 8.70. The number of benzene rings is 2. The molecule has 1 aromatic heterocycles. The van der Waals surface area contributed by atoms with Gasteiger partial charge in [0.05, 0.1) is 33.5 Å². The van der Waals surface area contributed by atoms with Crippen LogP contribution in [-0.2, 0) is 6.42 Å². The van der Waals surface area contributed by atoms with Gasteiger partial charge in [-0.05, 0) is 54.8 Å². The molecule has 0 saturated carbocycles. The molecule has 0 bridgehead atoms. The maximum absolute atomic E-state index is 6.18. The Labute approximate surface area is 158 Å². The number of fused-ring (bicyclic) bond motifs is 1. The number of anilines is 1. The van der Waals surface area contributed by atoms with Crippen LogP contribution in [0.2, 0.25) is 0 Å². The predicted octanol–water partition coefficient (Wildman–Crippen LogP) is 3.83. The van der Waals surface area contributed by atoms with E-state index in [0.717, 1.165) is 22.0 Å². The first-order chi connectivity index (χ1) is 13.1. The lowest BCUT2D eigenvalue weighted by atomic mass is 10.0. The number of hydrogen-bond donors (Lipinski definition) is 1. The van der Waals surface area contributed by atoms with Crippen LogP contribution in [0.1, 0.15) is 18.1 Å². The molecule has 1 heterocycles. The Hall–Kier alpha value is -3.15. The van der Waals surface area contributed by atoms with Gasteiger partial charge in [0.2, 0.25) is 5.75 Å². The van der Waals surface area contributed by atoms with Crippen LogP contribution in [-0.4, -0.2) is 32.9 Å². The van der Waals surface area contributed by atoms with Crippen LogP contribution in [0.3, 0.4) is 0 Å². The van der Waals surface area contributed by atoms with Gasteiger partial charge in [0, 0.05) is 11.6 Å². The number of rotatable bonds is 7. The standard InChI is InChI=1S/C21H24N2O4/c1-5-27-16-7-6-15-9-14(12-23-20(15)19(16)22)8-13-10-17(24-2)21(26-4)18(11-13)25-3/h6-7,9-12H,5,8,22H2,1-4H3. The third kappa shape index (κ3) is 3.69. The van der Waals surface area contributed by atoms with Gasteiger partial charge in [0.1, 0.15) is 11.4 Å². The largest absolute Gasteiger partial charge is 0.493 e. The zero-order valence-electron chi connectivity index (χ0n) is 16.0. The molecule has 0 spiro atoms. The van der Waals surface area contributed by atoms with Crippen molar-refractivity contribution in [3.63, 3.8) is 0 Å². The summed E-state index contributed by atoms with van der Waals surface area (Å²) in [6, 6.07) is 9.82. The first-order valence-corrected chi connectivity index (χ1v) is 8.70. The second-order valence-corrected chi connectivity index (χ2v) is 6.04. The molecule has 3 aromatic rings. The average Bonchev–Trinajstić information content (AvgIpc) is 2.69. The molecule has 0 aliphatic heterocycles. The molecule has 6 heteroatoms. The van der Waals surface area contributed by atoms with Crippen LogP contribution >= 0.6 is 0 Å². The Balaban J connectivity index is 1.96. The molecule has 0 aliphatic rings. The number of nitrogen functional groups attached to an aromatic ring is 1. The highest BCUT2D eigenvalue weighted by Gasteiger charge is 2.14. The van der Waals surface area contributed by atoms with Gasteiger partial charge < -0.3 is 24.7 Å². The molecule has 0 saturated heterocycles. The second-order valence-electron chi connectivity index (χ2n) is 6.04. The van der Waals surface area contributed by atoms with E-state index < -0.39 is 0 Å². The smallest absolute Gasteiger partial charge is 0.203 e. The Morgan fingerprint density at radius 1 is 0.889 bits per heavy atom. The topological polar surface area (TPSA) is 75.8 Å². The summed E-state index contributed by atoms with van der Waals surface area (Å²) in [4.78, 5) is 4.55. The van der Waals surface area contributed by atoms with Crippen molar-refractivity contribution in [2.75, 3.05) is 33.7 Å². The van der Waals surface area contributed by atoms with E-state index in [0.29, 0.717) is 41.7 Å².